The molecule has 1 fully saturated rings. The fourth-order valence-electron chi connectivity index (χ4n) is 2.98. The minimum atomic E-state index is -0.345. The van der Waals surface area contributed by atoms with E-state index >= 15 is 0 Å². The number of halogens is 1. The number of ether oxygens (including phenoxy) is 1. The van der Waals surface area contributed by atoms with Gasteiger partial charge in [-0.05, 0) is 24.1 Å². The highest BCUT2D eigenvalue weighted by atomic mass is 19.1. The summed E-state index contributed by atoms with van der Waals surface area (Å²) >= 11 is 0. The molecule has 0 radical (unpaired) electrons. The fourth-order valence-corrected chi connectivity index (χ4v) is 2.98. The summed E-state index contributed by atoms with van der Waals surface area (Å²) in [5, 5.41) is 0. The number of aromatic nitrogens is 2. The lowest BCUT2D eigenvalue weighted by atomic mass is 10.0. The van der Waals surface area contributed by atoms with E-state index in [1.54, 1.807) is 17.0 Å². The van der Waals surface area contributed by atoms with Crippen molar-refractivity contribution in [3.8, 4) is 0 Å². The van der Waals surface area contributed by atoms with E-state index in [0.717, 1.165) is 0 Å². The predicted molar refractivity (Wildman–Crippen MR) is 89.6 cm³/mol. The van der Waals surface area contributed by atoms with Crippen molar-refractivity contribution in [1.82, 2.24) is 14.9 Å². The highest BCUT2D eigenvalue weighted by Crippen LogP contribution is 2.14. The molecule has 2 aromatic rings. The van der Waals surface area contributed by atoms with Crippen LogP contribution in [-0.2, 0) is 22.4 Å². The van der Waals surface area contributed by atoms with Gasteiger partial charge in [0.15, 0.2) is 0 Å². The van der Waals surface area contributed by atoms with Crippen molar-refractivity contribution in [3.05, 3.63) is 64.1 Å². The molecular formula is C18H20FN3O3. The van der Waals surface area contributed by atoms with Crippen molar-refractivity contribution >= 4 is 5.91 Å². The second-order valence-corrected chi connectivity index (χ2v) is 6.19. The molecule has 1 aromatic carbocycles. The van der Waals surface area contributed by atoms with Gasteiger partial charge in [0.25, 0.3) is 5.56 Å². The van der Waals surface area contributed by atoms with Crippen LogP contribution in [0.3, 0.4) is 0 Å². The minimum absolute atomic E-state index is 0.0556. The topological polar surface area (TPSA) is 75.3 Å². The van der Waals surface area contributed by atoms with Crippen LogP contribution in [0.2, 0.25) is 0 Å². The molecule has 1 saturated heterocycles. The van der Waals surface area contributed by atoms with Crippen molar-refractivity contribution in [2.75, 3.05) is 26.3 Å². The molecule has 2 heterocycles. The largest absolute Gasteiger partial charge is 0.379 e. The number of carbonyl (C=O) groups is 1. The number of amides is 1. The van der Waals surface area contributed by atoms with Crippen LogP contribution in [0, 0.1) is 11.7 Å². The van der Waals surface area contributed by atoms with E-state index in [9.17, 15) is 14.0 Å². The highest BCUT2D eigenvalue weighted by molar-refractivity contribution is 5.78. The fraction of sp³-hybridized carbons (Fsp3) is 0.389. The number of H-pyrrole nitrogens is 1. The number of hydrogen-bond acceptors (Lipinski definition) is 4. The van der Waals surface area contributed by atoms with Crippen LogP contribution >= 0.6 is 0 Å². The number of nitrogens with zero attached hydrogens (tertiary/aromatic N) is 2. The Morgan fingerprint density at radius 1 is 1.40 bits per heavy atom. The smallest absolute Gasteiger partial charge is 0.250 e. The van der Waals surface area contributed by atoms with Gasteiger partial charge in [0.05, 0.1) is 26.0 Å². The molecule has 1 N–H and O–H groups in total. The summed E-state index contributed by atoms with van der Waals surface area (Å²) in [5.74, 6) is -0.337. The maximum absolute atomic E-state index is 13.3. The van der Waals surface area contributed by atoms with Gasteiger partial charge in [-0.25, -0.2) is 9.37 Å². The molecule has 0 aliphatic carbocycles. The van der Waals surface area contributed by atoms with Crippen LogP contribution in [0.15, 0.2) is 41.5 Å². The normalized spacial score (nSPS) is 18.0. The molecule has 0 saturated carbocycles. The van der Waals surface area contributed by atoms with Crippen molar-refractivity contribution in [2.24, 2.45) is 5.92 Å². The zero-order chi connectivity index (χ0) is 17.6. The lowest BCUT2D eigenvalue weighted by molar-refractivity contribution is -0.130. The number of carbonyl (C=O) groups excluding carboxylic acids is 1. The summed E-state index contributed by atoms with van der Waals surface area (Å²) in [4.78, 5) is 32.3. The van der Waals surface area contributed by atoms with Gasteiger partial charge >= 0.3 is 0 Å². The summed E-state index contributed by atoms with van der Waals surface area (Å²) in [7, 11) is 0. The average molecular weight is 345 g/mol. The van der Waals surface area contributed by atoms with Crippen LogP contribution in [0.25, 0.3) is 0 Å². The maximum Gasteiger partial charge on any atom is 0.250 e. The quantitative estimate of drug-likeness (QED) is 0.903. The Hall–Kier alpha value is -2.54. The van der Waals surface area contributed by atoms with Gasteiger partial charge in [-0.3, -0.25) is 9.59 Å². The van der Waals surface area contributed by atoms with E-state index in [1.165, 1.54) is 24.5 Å². The van der Waals surface area contributed by atoms with Gasteiger partial charge < -0.3 is 14.6 Å². The maximum atomic E-state index is 13.3. The SMILES string of the molecule is O=C(Cc1cccc(F)c1)N1CCOC[C@H](Cc2cc(=O)[nH]cn2)C1. The molecule has 0 bridgehead atoms. The first kappa shape index (κ1) is 17.3. The Morgan fingerprint density at radius 3 is 3.08 bits per heavy atom. The lowest BCUT2D eigenvalue weighted by Crippen LogP contribution is -2.37. The van der Waals surface area contributed by atoms with Gasteiger partial charge in [-0.2, -0.15) is 0 Å². The number of nitrogens with one attached hydrogen (secondary N) is 1. The Labute approximate surface area is 144 Å². The summed E-state index contributed by atoms with van der Waals surface area (Å²) in [5.41, 5.74) is 1.14. The van der Waals surface area contributed by atoms with Crippen LogP contribution in [0.1, 0.15) is 11.3 Å². The number of benzene rings is 1. The molecule has 1 aromatic heterocycles. The molecule has 1 aliphatic heterocycles. The van der Waals surface area contributed by atoms with E-state index < -0.39 is 0 Å². The zero-order valence-corrected chi connectivity index (χ0v) is 13.8. The highest BCUT2D eigenvalue weighted by Gasteiger charge is 2.23. The van der Waals surface area contributed by atoms with E-state index in [2.05, 4.69) is 9.97 Å². The van der Waals surface area contributed by atoms with Gasteiger partial charge in [-0.1, -0.05) is 12.1 Å². The average Bonchev–Trinajstić information content (AvgIpc) is 2.80. The minimum Gasteiger partial charge on any atom is -0.379 e. The third kappa shape index (κ3) is 4.96. The molecule has 0 spiro atoms. The first-order valence-electron chi connectivity index (χ1n) is 8.24. The third-order valence-electron chi connectivity index (χ3n) is 4.17. The van der Waals surface area contributed by atoms with Gasteiger partial charge in [0.2, 0.25) is 5.91 Å². The third-order valence-corrected chi connectivity index (χ3v) is 4.17. The van der Waals surface area contributed by atoms with Crippen molar-refractivity contribution in [2.45, 2.75) is 12.8 Å². The summed E-state index contributed by atoms with van der Waals surface area (Å²) in [6.45, 7) is 2.02. The zero-order valence-electron chi connectivity index (χ0n) is 13.8. The van der Waals surface area contributed by atoms with E-state index in [1.807, 2.05) is 0 Å². The van der Waals surface area contributed by atoms with E-state index in [0.29, 0.717) is 44.0 Å². The molecule has 0 unspecified atom stereocenters. The number of aromatic amines is 1. The monoisotopic (exact) mass is 345 g/mol. The first-order chi connectivity index (χ1) is 12.1. The van der Waals surface area contributed by atoms with Gasteiger partial charge in [0, 0.05) is 30.8 Å². The second kappa shape index (κ2) is 8.02. The molecule has 132 valence electrons. The molecular weight excluding hydrogens is 325 g/mol. The van der Waals surface area contributed by atoms with Crippen LogP contribution in [0.4, 0.5) is 4.39 Å². The standard InChI is InChI=1S/C18H20FN3O3/c19-15-3-1-2-13(6-15)8-18(24)22-4-5-25-11-14(10-22)7-16-9-17(23)21-12-20-16/h1-3,6,9,12,14H,4-5,7-8,10-11H2,(H,20,21,23)/t14-/m1/s1. The molecule has 7 heteroatoms. The molecule has 1 aliphatic rings. The molecule has 1 amide bonds. The first-order valence-corrected chi connectivity index (χ1v) is 8.24. The van der Waals surface area contributed by atoms with Crippen LogP contribution in [0.5, 0.6) is 0 Å². The second-order valence-electron chi connectivity index (χ2n) is 6.19. The number of hydrogen-bond donors (Lipinski definition) is 1. The summed E-state index contributed by atoms with van der Waals surface area (Å²) in [6, 6.07) is 7.55. The summed E-state index contributed by atoms with van der Waals surface area (Å²) < 4.78 is 18.9. The predicted octanol–water partition coefficient (Wildman–Crippen LogP) is 1.17. The molecule has 6 nitrogen and oxygen atoms in total. The van der Waals surface area contributed by atoms with Crippen molar-refractivity contribution in [1.29, 1.82) is 0 Å². The van der Waals surface area contributed by atoms with Gasteiger partial charge in [-0.15, -0.1) is 0 Å². The lowest BCUT2D eigenvalue weighted by Gasteiger charge is -2.23. The van der Waals surface area contributed by atoms with E-state index in [-0.39, 0.29) is 29.6 Å². The van der Waals surface area contributed by atoms with Crippen molar-refractivity contribution in [3.63, 3.8) is 0 Å². The van der Waals surface area contributed by atoms with Crippen molar-refractivity contribution < 1.29 is 13.9 Å². The van der Waals surface area contributed by atoms with Crippen LogP contribution < -0.4 is 5.56 Å². The van der Waals surface area contributed by atoms with Gasteiger partial charge in [0.1, 0.15) is 5.82 Å². The molecule has 1 atom stereocenters. The number of rotatable bonds is 4. The Morgan fingerprint density at radius 2 is 2.28 bits per heavy atom. The molecule has 25 heavy (non-hydrogen) atoms. The summed E-state index contributed by atoms with van der Waals surface area (Å²) in [6.07, 6.45) is 2.10. The Kier molecular flexibility index (Phi) is 5.55. The Balaban J connectivity index is 1.64. The van der Waals surface area contributed by atoms with E-state index in [4.69, 9.17) is 4.74 Å². The van der Waals surface area contributed by atoms with Crippen LogP contribution in [-0.4, -0.2) is 47.1 Å². The Bertz CT molecular complexity index is 793. The molecule has 3 rings (SSSR count).